The zero-order valence-electron chi connectivity index (χ0n) is 14.8. The molecule has 6 nitrogen and oxygen atoms in total. The molecule has 138 valence electrons. The van der Waals surface area contributed by atoms with E-state index in [-0.39, 0.29) is 0 Å². The molecule has 0 aliphatic carbocycles. The maximum atomic E-state index is 6.33. The Morgan fingerprint density at radius 2 is 2.12 bits per heavy atom. The number of nitrogens with one attached hydrogen (secondary N) is 2. The molecule has 26 heavy (non-hydrogen) atoms. The van der Waals surface area contributed by atoms with E-state index in [0.717, 1.165) is 36.6 Å². The molecule has 0 atom stereocenters. The number of hydrogen-bond donors (Lipinski definition) is 2. The predicted molar refractivity (Wildman–Crippen MR) is 103 cm³/mol. The molecule has 2 N–H and O–H groups in total. The van der Waals surface area contributed by atoms with Gasteiger partial charge in [-0.25, -0.2) is 0 Å². The third-order valence-corrected chi connectivity index (χ3v) is 4.23. The minimum Gasteiger partial charge on any atom is -0.489 e. The van der Waals surface area contributed by atoms with Gasteiger partial charge in [0, 0.05) is 44.9 Å². The number of benzene rings is 1. The maximum Gasteiger partial charge on any atom is 0.191 e. The van der Waals surface area contributed by atoms with Crippen molar-refractivity contribution in [1.82, 2.24) is 15.6 Å². The highest BCUT2D eigenvalue weighted by Crippen LogP contribution is 2.37. The summed E-state index contributed by atoms with van der Waals surface area (Å²) in [5, 5.41) is 7.14. The van der Waals surface area contributed by atoms with Crippen molar-refractivity contribution in [2.75, 3.05) is 26.8 Å². The van der Waals surface area contributed by atoms with Gasteiger partial charge < -0.3 is 20.1 Å². The number of rotatable bonds is 5. The van der Waals surface area contributed by atoms with Gasteiger partial charge in [0.2, 0.25) is 0 Å². The third kappa shape index (κ3) is 5.02. The lowest BCUT2D eigenvalue weighted by Crippen LogP contribution is -2.37. The van der Waals surface area contributed by atoms with Crippen molar-refractivity contribution in [2.45, 2.75) is 19.4 Å². The van der Waals surface area contributed by atoms with Gasteiger partial charge in [-0.3, -0.25) is 9.98 Å². The van der Waals surface area contributed by atoms with E-state index in [1.807, 2.05) is 30.3 Å². The summed E-state index contributed by atoms with van der Waals surface area (Å²) in [7, 11) is 1.75. The lowest BCUT2D eigenvalue weighted by atomic mass is 10.2. The number of hydrogen-bond acceptors (Lipinski definition) is 4. The normalized spacial score (nSPS) is 13.8. The standard InChI is InChI=1S/C19H23ClN4O2/c1-21-19(23-8-6-15-5-2-3-7-22-15)24-13-14-11-16(20)18-17(12-14)25-9-4-10-26-18/h2-3,5,7,11-12H,4,6,8-10,13H2,1H3,(H2,21,23,24). The van der Waals surface area contributed by atoms with Gasteiger partial charge in [-0.2, -0.15) is 0 Å². The highest BCUT2D eigenvalue weighted by atomic mass is 35.5. The van der Waals surface area contributed by atoms with Crippen LogP contribution in [-0.4, -0.2) is 37.7 Å². The first-order valence-corrected chi connectivity index (χ1v) is 9.06. The monoisotopic (exact) mass is 374 g/mol. The number of aromatic nitrogens is 1. The summed E-state index contributed by atoms with van der Waals surface area (Å²) in [5.74, 6) is 2.06. The topological polar surface area (TPSA) is 67.8 Å². The van der Waals surface area contributed by atoms with Crippen molar-refractivity contribution in [1.29, 1.82) is 0 Å². The van der Waals surface area contributed by atoms with E-state index < -0.39 is 0 Å². The van der Waals surface area contributed by atoms with E-state index >= 15 is 0 Å². The molecular formula is C19H23ClN4O2. The van der Waals surface area contributed by atoms with E-state index in [0.29, 0.717) is 36.3 Å². The van der Waals surface area contributed by atoms with E-state index in [4.69, 9.17) is 21.1 Å². The number of ether oxygens (including phenoxy) is 2. The molecule has 2 heterocycles. The Morgan fingerprint density at radius 1 is 1.23 bits per heavy atom. The smallest absolute Gasteiger partial charge is 0.191 e. The van der Waals surface area contributed by atoms with E-state index in [1.54, 1.807) is 13.2 Å². The fourth-order valence-electron chi connectivity index (χ4n) is 2.65. The van der Waals surface area contributed by atoms with Crippen molar-refractivity contribution < 1.29 is 9.47 Å². The molecule has 0 saturated heterocycles. The lowest BCUT2D eigenvalue weighted by molar-refractivity contribution is 0.297. The zero-order valence-corrected chi connectivity index (χ0v) is 15.6. The predicted octanol–water partition coefficient (Wildman–Crippen LogP) is 2.80. The van der Waals surface area contributed by atoms with E-state index in [1.165, 1.54) is 0 Å². The molecule has 0 radical (unpaired) electrons. The first kappa shape index (κ1) is 18.3. The van der Waals surface area contributed by atoms with Crippen LogP contribution in [0.1, 0.15) is 17.7 Å². The summed E-state index contributed by atoms with van der Waals surface area (Å²) in [4.78, 5) is 8.56. The van der Waals surface area contributed by atoms with Gasteiger partial charge in [0.15, 0.2) is 17.5 Å². The van der Waals surface area contributed by atoms with Crippen molar-refractivity contribution in [3.63, 3.8) is 0 Å². The molecule has 0 fully saturated rings. The maximum absolute atomic E-state index is 6.33. The molecule has 0 unspecified atom stereocenters. The van der Waals surface area contributed by atoms with Crippen LogP contribution in [0.15, 0.2) is 41.5 Å². The van der Waals surface area contributed by atoms with Gasteiger partial charge in [0.1, 0.15) is 0 Å². The van der Waals surface area contributed by atoms with Gasteiger partial charge in [-0.1, -0.05) is 17.7 Å². The number of guanidine groups is 1. The Bertz CT molecular complexity index is 753. The molecule has 2 aromatic rings. The summed E-state index contributed by atoms with van der Waals surface area (Å²) in [6.07, 6.45) is 3.49. The van der Waals surface area contributed by atoms with Crippen LogP contribution in [0, 0.1) is 0 Å². The van der Waals surface area contributed by atoms with Crippen molar-refractivity contribution in [3.05, 3.63) is 52.8 Å². The molecule has 1 aromatic carbocycles. The molecular weight excluding hydrogens is 352 g/mol. The Hall–Kier alpha value is -2.47. The van der Waals surface area contributed by atoms with Crippen molar-refractivity contribution in [2.24, 2.45) is 4.99 Å². The van der Waals surface area contributed by atoms with E-state index in [2.05, 4.69) is 20.6 Å². The molecule has 0 bridgehead atoms. The van der Waals surface area contributed by atoms with Gasteiger partial charge in [0.25, 0.3) is 0 Å². The quantitative estimate of drug-likeness (QED) is 0.622. The average molecular weight is 375 g/mol. The molecule has 0 saturated carbocycles. The number of halogens is 1. The second kappa shape index (κ2) is 9.29. The molecule has 0 amide bonds. The van der Waals surface area contributed by atoms with Gasteiger partial charge in [0.05, 0.1) is 18.2 Å². The molecule has 7 heteroatoms. The second-order valence-corrected chi connectivity index (χ2v) is 6.29. The van der Waals surface area contributed by atoms with Crippen LogP contribution in [-0.2, 0) is 13.0 Å². The Balaban J connectivity index is 1.53. The van der Waals surface area contributed by atoms with Gasteiger partial charge in [-0.15, -0.1) is 0 Å². The first-order valence-electron chi connectivity index (χ1n) is 8.68. The van der Waals surface area contributed by atoms with E-state index in [9.17, 15) is 0 Å². The number of fused-ring (bicyclic) bond motifs is 1. The average Bonchev–Trinajstić information content (AvgIpc) is 2.91. The highest BCUT2D eigenvalue weighted by Gasteiger charge is 2.15. The van der Waals surface area contributed by atoms with Crippen LogP contribution < -0.4 is 20.1 Å². The highest BCUT2D eigenvalue weighted by molar-refractivity contribution is 6.32. The van der Waals surface area contributed by atoms with Gasteiger partial charge >= 0.3 is 0 Å². The molecule has 1 aliphatic rings. The Kier molecular flexibility index (Phi) is 6.55. The van der Waals surface area contributed by atoms with Crippen LogP contribution in [0.4, 0.5) is 0 Å². The molecule has 1 aliphatic heterocycles. The summed E-state index contributed by atoms with van der Waals surface area (Å²) in [6.45, 7) is 2.59. The Labute approximate surface area is 158 Å². The summed E-state index contributed by atoms with van der Waals surface area (Å²) in [6, 6.07) is 9.77. The fourth-order valence-corrected chi connectivity index (χ4v) is 2.94. The lowest BCUT2D eigenvalue weighted by Gasteiger charge is -2.14. The van der Waals surface area contributed by atoms with Crippen LogP contribution in [0.2, 0.25) is 5.02 Å². The molecule has 3 rings (SSSR count). The number of nitrogens with zero attached hydrogens (tertiary/aromatic N) is 2. The van der Waals surface area contributed by atoms with Crippen LogP contribution in [0.5, 0.6) is 11.5 Å². The Morgan fingerprint density at radius 3 is 2.92 bits per heavy atom. The molecule has 1 aromatic heterocycles. The van der Waals surface area contributed by atoms with Crippen molar-refractivity contribution >= 4 is 17.6 Å². The zero-order chi connectivity index (χ0) is 18.2. The summed E-state index contributed by atoms with van der Waals surface area (Å²) in [5.41, 5.74) is 2.05. The van der Waals surface area contributed by atoms with Crippen LogP contribution >= 0.6 is 11.6 Å². The fraction of sp³-hybridized carbons (Fsp3) is 0.368. The second-order valence-electron chi connectivity index (χ2n) is 5.88. The summed E-state index contributed by atoms with van der Waals surface area (Å²) < 4.78 is 11.4. The molecule has 0 spiro atoms. The minimum atomic E-state index is 0.569. The summed E-state index contributed by atoms with van der Waals surface area (Å²) >= 11 is 6.33. The van der Waals surface area contributed by atoms with Crippen LogP contribution in [0.25, 0.3) is 0 Å². The van der Waals surface area contributed by atoms with Crippen molar-refractivity contribution in [3.8, 4) is 11.5 Å². The first-order chi connectivity index (χ1) is 12.8. The largest absolute Gasteiger partial charge is 0.489 e. The number of pyridine rings is 1. The van der Waals surface area contributed by atoms with Gasteiger partial charge in [-0.05, 0) is 29.8 Å². The minimum absolute atomic E-state index is 0.569. The van der Waals surface area contributed by atoms with Crippen LogP contribution in [0.3, 0.4) is 0 Å². The SMILES string of the molecule is CN=C(NCCc1ccccn1)NCc1cc(Cl)c2c(c1)OCCCO2. The number of aliphatic imine (C=N–C) groups is 1. The third-order valence-electron chi connectivity index (χ3n) is 3.95.